The van der Waals surface area contributed by atoms with Crippen molar-refractivity contribution in [3.8, 4) is 5.69 Å². The van der Waals surface area contributed by atoms with Gasteiger partial charge in [0.05, 0.1) is 18.4 Å². The summed E-state index contributed by atoms with van der Waals surface area (Å²) in [5, 5.41) is 12.0. The fourth-order valence-corrected chi connectivity index (χ4v) is 3.00. The molecule has 1 amide bonds. The number of carboxylic acids is 1. The molecule has 0 unspecified atom stereocenters. The molecule has 1 aromatic carbocycles. The molecule has 0 aliphatic heterocycles. The molecule has 6 nitrogen and oxygen atoms in total. The summed E-state index contributed by atoms with van der Waals surface area (Å²) in [6, 6.07) is 9.58. The predicted octanol–water partition coefficient (Wildman–Crippen LogP) is 2.25. The second-order valence-electron chi connectivity index (χ2n) is 5.84. The first-order valence-corrected chi connectivity index (χ1v) is 7.76. The van der Waals surface area contributed by atoms with Gasteiger partial charge in [-0.3, -0.25) is 14.2 Å². The summed E-state index contributed by atoms with van der Waals surface area (Å²) in [5.41, 5.74) is 1.36. The predicted molar refractivity (Wildman–Crippen MR) is 84.4 cm³/mol. The van der Waals surface area contributed by atoms with Gasteiger partial charge in [0.15, 0.2) is 0 Å². The number of aromatic nitrogens is 2. The van der Waals surface area contributed by atoms with Crippen molar-refractivity contribution in [2.75, 3.05) is 0 Å². The molecule has 1 saturated carbocycles. The number of carbonyl (C=O) groups is 2. The van der Waals surface area contributed by atoms with Gasteiger partial charge < -0.3 is 10.4 Å². The quantitative estimate of drug-likeness (QED) is 0.906. The normalized spacial score (nSPS) is 20.9. The first kappa shape index (κ1) is 15.3. The number of hydrogen-bond donors (Lipinski definition) is 2. The molecule has 1 heterocycles. The minimum absolute atomic E-state index is 0.0252. The monoisotopic (exact) mass is 313 g/mol. The van der Waals surface area contributed by atoms with E-state index in [0.717, 1.165) is 5.69 Å². The number of para-hydroxylation sites is 1. The smallest absolute Gasteiger partial charge is 0.306 e. The van der Waals surface area contributed by atoms with Crippen molar-refractivity contribution in [3.05, 3.63) is 48.5 Å². The summed E-state index contributed by atoms with van der Waals surface area (Å²) in [7, 11) is 0. The Balaban J connectivity index is 1.66. The van der Waals surface area contributed by atoms with Gasteiger partial charge in [0.1, 0.15) is 5.69 Å². The van der Waals surface area contributed by atoms with Crippen LogP contribution in [0.3, 0.4) is 0 Å². The Hall–Kier alpha value is -2.63. The van der Waals surface area contributed by atoms with Crippen LogP contribution in [-0.2, 0) is 4.79 Å². The van der Waals surface area contributed by atoms with E-state index in [-0.39, 0.29) is 17.9 Å². The van der Waals surface area contributed by atoms with E-state index in [1.165, 1.54) is 0 Å². The van der Waals surface area contributed by atoms with E-state index in [1.54, 1.807) is 17.1 Å². The van der Waals surface area contributed by atoms with Gasteiger partial charge in [0, 0.05) is 11.7 Å². The Morgan fingerprint density at radius 3 is 2.48 bits per heavy atom. The largest absolute Gasteiger partial charge is 0.481 e. The summed E-state index contributed by atoms with van der Waals surface area (Å²) < 4.78 is 1.75. The van der Waals surface area contributed by atoms with Gasteiger partial charge in [0.2, 0.25) is 0 Å². The highest BCUT2D eigenvalue weighted by Crippen LogP contribution is 2.24. The second kappa shape index (κ2) is 6.64. The lowest BCUT2D eigenvalue weighted by atomic mass is 9.86. The van der Waals surface area contributed by atoms with Crippen molar-refractivity contribution >= 4 is 11.9 Å². The topological polar surface area (TPSA) is 84.2 Å². The first-order chi connectivity index (χ1) is 11.1. The number of hydrogen-bond acceptors (Lipinski definition) is 3. The molecule has 2 aromatic rings. The Kier molecular flexibility index (Phi) is 4.41. The van der Waals surface area contributed by atoms with E-state index < -0.39 is 5.97 Å². The maximum absolute atomic E-state index is 12.5. The summed E-state index contributed by atoms with van der Waals surface area (Å²) >= 11 is 0. The molecule has 1 aliphatic carbocycles. The number of carbonyl (C=O) groups excluding carboxylic acids is 1. The Bertz CT molecular complexity index is 688. The number of benzene rings is 1. The average Bonchev–Trinajstić information content (AvgIpc) is 3.06. The Labute approximate surface area is 134 Å². The minimum atomic E-state index is -0.739. The number of nitrogens with zero attached hydrogens (tertiary/aromatic N) is 2. The van der Waals surface area contributed by atoms with Gasteiger partial charge in [-0.2, -0.15) is 0 Å². The summed E-state index contributed by atoms with van der Waals surface area (Å²) in [6.07, 6.45) is 5.78. The molecule has 0 spiro atoms. The molecule has 0 bridgehead atoms. The lowest BCUT2D eigenvalue weighted by molar-refractivity contribution is -0.142. The molecule has 1 aromatic heterocycles. The van der Waals surface area contributed by atoms with Crippen LogP contribution in [0.1, 0.15) is 36.2 Å². The Morgan fingerprint density at radius 2 is 1.83 bits per heavy atom. The highest BCUT2D eigenvalue weighted by atomic mass is 16.4. The van der Waals surface area contributed by atoms with Gasteiger partial charge in [-0.1, -0.05) is 18.2 Å². The molecular formula is C17H19N3O3. The standard InChI is InChI=1S/C17H19N3O3/c21-16(19-13-8-6-12(7-9-13)17(22)23)15-10-18-11-20(15)14-4-2-1-3-5-14/h1-5,10-13H,6-9H2,(H,19,21)(H,22,23). The third-order valence-electron chi connectivity index (χ3n) is 4.32. The minimum Gasteiger partial charge on any atom is -0.481 e. The van der Waals surface area contributed by atoms with E-state index in [4.69, 9.17) is 5.11 Å². The van der Waals surface area contributed by atoms with Gasteiger partial charge in [0.25, 0.3) is 5.91 Å². The summed E-state index contributed by atoms with van der Waals surface area (Å²) in [4.78, 5) is 27.5. The maximum atomic E-state index is 12.5. The molecular weight excluding hydrogens is 294 g/mol. The van der Waals surface area contributed by atoms with Crippen molar-refractivity contribution in [2.45, 2.75) is 31.7 Å². The molecule has 0 atom stereocenters. The van der Waals surface area contributed by atoms with E-state index >= 15 is 0 Å². The third kappa shape index (κ3) is 3.41. The van der Waals surface area contributed by atoms with Crippen LogP contribution in [-0.4, -0.2) is 32.6 Å². The number of nitrogens with one attached hydrogen (secondary N) is 1. The molecule has 1 fully saturated rings. The van der Waals surface area contributed by atoms with Crippen LogP contribution in [0.2, 0.25) is 0 Å². The van der Waals surface area contributed by atoms with Crippen molar-refractivity contribution < 1.29 is 14.7 Å². The van der Waals surface area contributed by atoms with Crippen LogP contribution in [0.25, 0.3) is 5.69 Å². The van der Waals surface area contributed by atoms with E-state index in [0.29, 0.717) is 31.4 Å². The van der Waals surface area contributed by atoms with Gasteiger partial charge in [-0.05, 0) is 37.8 Å². The SMILES string of the molecule is O=C(NC1CCC(C(=O)O)CC1)c1cncn1-c1ccccc1. The van der Waals surface area contributed by atoms with Crippen molar-refractivity contribution in [1.82, 2.24) is 14.9 Å². The summed E-state index contributed by atoms with van der Waals surface area (Å²) in [5.74, 6) is -1.19. The molecule has 0 radical (unpaired) electrons. The first-order valence-electron chi connectivity index (χ1n) is 7.76. The fraction of sp³-hybridized carbons (Fsp3) is 0.353. The van der Waals surface area contributed by atoms with Crippen LogP contribution >= 0.6 is 0 Å². The Morgan fingerprint density at radius 1 is 1.13 bits per heavy atom. The zero-order valence-electron chi connectivity index (χ0n) is 12.7. The van der Waals surface area contributed by atoms with Crippen molar-refractivity contribution in [1.29, 1.82) is 0 Å². The van der Waals surface area contributed by atoms with Gasteiger partial charge in [-0.25, -0.2) is 4.98 Å². The maximum Gasteiger partial charge on any atom is 0.306 e. The van der Waals surface area contributed by atoms with E-state index in [2.05, 4.69) is 10.3 Å². The lowest BCUT2D eigenvalue weighted by Gasteiger charge is -2.26. The van der Waals surface area contributed by atoms with Gasteiger partial charge >= 0.3 is 5.97 Å². The van der Waals surface area contributed by atoms with Crippen molar-refractivity contribution in [2.24, 2.45) is 5.92 Å². The fourth-order valence-electron chi connectivity index (χ4n) is 3.00. The van der Waals surface area contributed by atoms with E-state index in [9.17, 15) is 9.59 Å². The van der Waals surface area contributed by atoms with Crippen LogP contribution in [0, 0.1) is 5.92 Å². The molecule has 6 heteroatoms. The highest BCUT2D eigenvalue weighted by molar-refractivity contribution is 5.93. The number of carboxylic acid groups (broad SMARTS) is 1. The van der Waals surface area contributed by atoms with Crippen molar-refractivity contribution in [3.63, 3.8) is 0 Å². The molecule has 2 N–H and O–H groups in total. The van der Waals surface area contributed by atoms with Crippen LogP contribution in [0.5, 0.6) is 0 Å². The molecule has 1 aliphatic rings. The average molecular weight is 313 g/mol. The second-order valence-corrected chi connectivity index (χ2v) is 5.84. The van der Waals surface area contributed by atoms with E-state index in [1.807, 2.05) is 30.3 Å². The zero-order chi connectivity index (χ0) is 16.2. The zero-order valence-corrected chi connectivity index (χ0v) is 12.7. The number of amides is 1. The van der Waals surface area contributed by atoms with Crippen LogP contribution in [0.15, 0.2) is 42.9 Å². The van der Waals surface area contributed by atoms with Crippen LogP contribution in [0.4, 0.5) is 0 Å². The summed E-state index contributed by atoms with van der Waals surface area (Å²) in [6.45, 7) is 0. The molecule has 3 rings (SSSR count). The lowest BCUT2D eigenvalue weighted by Crippen LogP contribution is -2.39. The number of rotatable bonds is 4. The molecule has 23 heavy (non-hydrogen) atoms. The number of aliphatic carboxylic acids is 1. The number of imidazole rings is 1. The molecule has 120 valence electrons. The van der Waals surface area contributed by atoms with Crippen LogP contribution < -0.4 is 5.32 Å². The molecule has 0 saturated heterocycles. The third-order valence-corrected chi connectivity index (χ3v) is 4.32. The highest BCUT2D eigenvalue weighted by Gasteiger charge is 2.27. The van der Waals surface area contributed by atoms with Gasteiger partial charge in [-0.15, -0.1) is 0 Å².